The second-order valence-corrected chi connectivity index (χ2v) is 6.42. The number of hydrogen-bond donors (Lipinski definition) is 1. The zero-order valence-electron chi connectivity index (χ0n) is 14.5. The van der Waals surface area contributed by atoms with Crippen molar-refractivity contribution in [1.82, 2.24) is 0 Å². The predicted octanol–water partition coefficient (Wildman–Crippen LogP) is 5.57. The fourth-order valence-corrected chi connectivity index (χ4v) is 2.01. The molecule has 0 spiro atoms. The molecule has 0 aliphatic heterocycles. The van der Waals surface area contributed by atoms with Gasteiger partial charge in [-0.3, -0.25) is 0 Å². The van der Waals surface area contributed by atoms with Gasteiger partial charge in [-0.25, -0.2) is 0 Å². The molecule has 1 unspecified atom stereocenters. The van der Waals surface area contributed by atoms with Crippen molar-refractivity contribution in [3.05, 3.63) is 34.9 Å². The van der Waals surface area contributed by atoms with E-state index in [1.807, 2.05) is 0 Å². The van der Waals surface area contributed by atoms with Gasteiger partial charge in [-0.2, -0.15) is 0 Å². The van der Waals surface area contributed by atoms with E-state index in [-0.39, 0.29) is 0 Å². The highest BCUT2D eigenvalue weighted by atomic mass is 16.3. The summed E-state index contributed by atoms with van der Waals surface area (Å²) < 4.78 is 0. The summed E-state index contributed by atoms with van der Waals surface area (Å²) in [6.07, 6.45) is 18.0. The van der Waals surface area contributed by atoms with Crippen LogP contribution in [0.2, 0.25) is 0 Å². The molecule has 1 atom stereocenters. The maximum absolute atomic E-state index is 9.73. The molecule has 1 N–H and O–H groups in total. The molecule has 1 heteroatoms. The maximum Gasteiger partial charge on any atom is 0.122 e. The average molecular weight is 288 g/mol. The standard InChI is InChI=1S/C20H32O/c1-7-20(6,21)16-10-15-19(5)14-9-13-18(4)12-8-11-17(2)3/h1,11,13,15,21H,8-10,12,14,16H2,2-6H3/b18-13+,19-15-. The minimum Gasteiger partial charge on any atom is -0.378 e. The van der Waals surface area contributed by atoms with Crippen LogP contribution >= 0.6 is 0 Å². The number of rotatable bonds is 9. The fourth-order valence-electron chi connectivity index (χ4n) is 2.01. The molecule has 0 saturated heterocycles. The van der Waals surface area contributed by atoms with E-state index in [4.69, 9.17) is 6.42 Å². The van der Waals surface area contributed by atoms with E-state index >= 15 is 0 Å². The van der Waals surface area contributed by atoms with Crippen LogP contribution in [0.3, 0.4) is 0 Å². The van der Waals surface area contributed by atoms with Crippen LogP contribution in [0.4, 0.5) is 0 Å². The van der Waals surface area contributed by atoms with Crippen LogP contribution in [-0.4, -0.2) is 10.7 Å². The Morgan fingerprint density at radius 2 is 1.43 bits per heavy atom. The molecule has 0 amide bonds. The Kier molecular flexibility index (Phi) is 9.84. The van der Waals surface area contributed by atoms with Crippen LogP contribution in [-0.2, 0) is 0 Å². The first-order valence-corrected chi connectivity index (χ1v) is 7.91. The molecular formula is C20H32O. The molecule has 0 bridgehead atoms. The van der Waals surface area contributed by atoms with Crippen molar-refractivity contribution in [1.29, 1.82) is 0 Å². The summed E-state index contributed by atoms with van der Waals surface area (Å²) in [6, 6.07) is 0. The highest BCUT2D eigenvalue weighted by Crippen LogP contribution is 2.15. The van der Waals surface area contributed by atoms with Gasteiger partial charge in [-0.1, -0.05) is 40.9 Å². The monoisotopic (exact) mass is 288 g/mol. The van der Waals surface area contributed by atoms with Gasteiger partial charge in [0.25, 0.3) is 0 Å². The Labute approximate surface area is 131 Å². The largest absolute Gasteiger partial charge is 0.378 e. The van der Waals surface area contributed by atoms with Gasteiger partial charge in [0.1, 0.15) is 5.60 Å². The van der Waals surface area contributed by atoms with E-state index in [1.54, 1.807) is 6.92 Å². The number of aliphatic hydroxyl groups is 1. The van der Waals surface area contributed by atoms with Crippen LogP contribution < -0.4 is 0 Å². The van der Waals surface area contributed by atoms with Gasteiger partial charge in [-0.05, 0) is 73.1 Å². The van der Waals surface area contributed by atoms with Crippen molar-refractivity contribution in [3.63, 3.8) is 0 Å². The second kappa shape index (κ2) is 10.5. The molecule has 0 rings (SSSR count). The zero-order chi connectivity index (χ0) is 16.3. The van der Waals surface area contributed by atoms with E-state index in [1.165, 1.54) is 16.7 Å². The van der Waals surface area contributed by atoms with Gasteiger partial charge in [-0.15, -0.1) is 6.42 Å². The maximum atomic E-state index is 9.73. The van der Waals surface area contributed by atoms with Crippen LogP contribution in [0.1, 0.15) is 73.1 Å². The van der Waals surface area contributed by atoms with E-state index in [0.29, 0.717) is 6.42 Å². The van der Waals surface area contributed by atoms with Crippen LogP contribution in [0, 0.1) is 12.3 Å². The first-order valence-electron chi connectivity index (χ1n) is 7.91. The Morgan fingerprint density at radius 3 is 1.90 bits per heavy atom. The summed E-state index contributed by atoms with van der Waals surface area (Å²) >= 11 is 0. The molecule has 0 radical (unpaired) electrons. The number of terminal acetylenes is 1. The Balaban J connectivity index is 3.99. The molecular weight excluding hydrogens is 256 g/mol. The summed E-state index contributed by atoms with van der Waals surface area (Å²) in [5.41, 5.74) is 3.26. The minimum atomic E-state index is -0.974. The van der Waals surface area contributed by atoms with Crippen molar-refractivity contribution in [2.75, 3.05) is 0 Å². The molecule has 0 aromatic heterocycles. The highest BCUT2D eigenvalue weighted by Gasteiger charge is 2.14. The lowest BCUT2D eigenvalue weighted by molar-refractivity contribution is 0.113. The summed E-state index contributed by atoms with van der Waals surface area (Å²) in [6.45, 7) is 10.3. The summed E-state index contributed by atoms with van der Waals surface area (Å²) in [5.74, 6) is 2.41. The van der Waals surface area contributed by atoms with E-state index in [9.17, 15) is 5.11 Å². The third-order valence-electron chi connectivity index (χ3n) is 3.56. The molecule has 0 fully saturated rings. The van der Waals surface area contributed by atoms with Gasteiger partial charge in [0.15, 0.2) is 0 Å². The summed E-state index contributed by atoms with van der Waals surface area (Å²) in [7, 11) is 0. The van der Waals surface area contributed by atoms with E-state index in [0.717, 1.165) is 32.1 Å². The van der Waals surface area contributed by atoms with E-state index < -0.39 is 5.60 Å². The van der Waals surface area contributed by atoms with Crippen molar-refractivity contribution < 1.29 is 5.11 Å². The van der Waals surface area contributed by atoms with Crippen molar-refractivity contribution in [2.45, 2.75) is 78.7 Å². The minimum absolute atomic E-state index is 0.623. The molecule has 0 aliphatic carbocycles. The van der Waals surface area contributed by atoms with Crippen molar-refractivity contribution in [3.8, 4) is 12.3 Å². The molecule has 1 nitrogen and oxygen atoms in total. The van der Waals surface area contributed by atoms with Crippen LogP contribution in [0.5, 0.6) is 0 Å². The number of allylic oxidation sites excluding steroid dienone is 6. The first-order chi connectivity index (χ1) is 9.76. The molecule has 0 aliphatic rings. The third-order valence-corrected chi connectivity index (χ3v) is 3.56. The summed E-state index contributed by atoms with van der Waals surface area (Å²) in [4.78, 5) is 0. The van der Waals surface area contributed by atoms with Crippen LogP contribution in [0.15, 0.2) is 34.9 Å². The molecule has 0 heterocycles. The number of hydrogen-bond acceptors (Lipinski definition) is 1. The fraction of sp³-hybridized carbons (Fsp3) is 0.600. The van der Waals surface area contributed by atoms with Crippen LogP contribution in [0.25, 0.3) is 0 Å². The smallest absolute Gasteiger partial charge is 0.122 e. The predicted molar refractivity (Wildman–Crippen MR) is 94.1 cm³/mol. The van der Waals surface area contributed by atoms with Gasteiger partial charge >= 0.3 is 0 Å². The highest BCUT2D eigenvalue weighted by molar-refractivity contribution is 5.08. The Morgan fingerprint density at radius 1 is 0.952 bits per heavy atom. The normalized spacial score (nSPS) is 15.3. The SMILES string of the molecule is C#CC(C)(O)CC/C=C(/C)CC/C=C(\C)CCC=C(C)C. The lowest BCUT2D eigenvalue weighted by Crippen LogP contribution is -2.20. The molecule has 0 aromatic rings. The second-order valence-electron chi connectivity index (χ2n) is 6.42. The van der Waals surface area contributed by atoms with Gasteiger partial charge in [0.05, 0.1) is 0 Å². The lowest BCUT2D eigenvalue weighted by atomic mass is 9.99. The first kappa shape index (κ1) is 19.7. The van der Waals surface area contributed by atoms with Gasteiger partial charge < -0.3 is 5.11 Å². The lowest BCUT2D eigenvalue weighted by Gasteiger charge is -2.14. The molecule has 118 valence electrons. The Hall–Kier alpha value is -1.26. The third kappa shape index (κ3) is 12.2. The molecule has 0 saturated carbocycles. The molecule has 21 heavy (non-hydrogen) atoms. The van der Waals surface area contributed by atoms with Crippen molar-refractivity contribution in [2.24, 2.45) is 0 Å². The Bertz CT molecular complexity index is 423. The summed E-state index contributed by atoms with van der Waals surface area (Å²) in [5, 5.41) is 9.73. The van der Waals surface area contributed by atoms with Gasteiger partial charge in [0.2, 0.25) is 0 Å². The quantitative estimate of drug-likeness (QED) is 0.434. The average Bonchev–Trinajstić information content (AvgIpc) is 2.38. The van der Waals surface area contributed by atoms with Crippen molar-refractivity contribution >= 4 is 0 Å². The topological polar surface area (TPSA) is 20.2 Å². The molecule has 0 aromatic carbocycles. The van der Waals surface area contributed by atoms with E-state index in [2.05, 4.69) is 51.8 Å². The van der Waals surface area contributed by atoms with Gasteiger partial charge in [0, 0.05) is 0 Å². The zero-order valence-corrected chi connectivity index (χ0v) is 14.5.